The summed E-state index contributed by atoms with van der Waals surface area (Å²) in [6.45, 7) is 2.64. The van der Waals surface area contributed by atoms with Gasteiger partial charge in [0, 0.05) is 42.8 Å². The third-order valence-electron chi connectivity index (χ3n) is 5.07. The highest BCUT2D eigenvalue weighted by Gasteiger charge is 2.48. The minimum absolute atomic E-state index is 0.00230. The first-order chi connectivity index (χ1) is 12.3. The molecule has 0 spiro atoms. The molecule has 1 amide bonds. The quantitative estimate of drug-likeness (QED) is 0.840. The van der Waals surface area contributed by atoms with Crippen LogP contribution in [0.2, 0.25) is 0 Å². The van der Waals surface area contributed by atoms with Crippen LogP contribution >= 0.6 is 11.3 Å². The molecule has 0 N–H and O–H groups in total. The molecule has 2 aliphatic heterocycles. The lowest BCUT2D eigenvalue weighted by Crippen LogP contribution is -2.58. The number of pyridine rings is 1. The largest absolute Gasteiger partial charge is 0.477 e. The predicted octanol–water partition coefficient (Wildman–Crippen LogP) is 2.63. The molecule has 6 nitrogen and oxygen atoms in total. The molecule has 7 heteroatoms. The van der Waals surface area contributed by atoms with Crippen LogP contribution in [0.4, 0.5) is 0 Å². The first-order valence-corrected chi connectivity index (χ1v) is 9.54. The number of likely N-dealkylation sites (tertiary alicyclic amines) is 1. The highest BCUT2D eigenvalue weighted by molar-refractivity contribution is 7.07. The van der Waals surface area contributed by atoms with E-state index in [1.165, 1.54) is 11.3 Å². The highest BCUT2D eigenvalue weighted by atomic mass is 32.1. The molecular weight excluding hydrogens is 338 g/mol. The lowest BCUT2D eigenvalue weighted by atomic mass is 9.73. The topological polar surface area (TPSA) is 64.6 Å². The summed E-state index contributed by atoms with van der Waals surface area (Å²) in [5.41, 5.74) is 2.05. The van der Waals surface area contributed by atoms with E-state index in [0.717, 1.165) is 25.9 Å². The number of amides is 1. The van der Waals surface area contributed by atoms with Gasteiger partial charge in [-0.2, -0.15) is 0 Å². The number of thiazole rings is 1. The van der Waals surface area contributed by atoms with E-state index in [4.69, 9.17) is 9.47 Å². The van der Waals surface area contributed by atoms with Crippen molar-refractivity contribution in [2.24, 2.45) is 5.41 Å². The molecule has 0 aromatic carbocycles. The molecule has 4 heterocycles. The van der Waals surface area contributed by atoms with Crippen molar-refractivity contribution in [3.8, 4) is 5.88 Å². The molecule has 2 aromatic rings. The van der Waals surface area contributed by atoms with E-state index in [9.17, 15) is 4.79 Å². The number of nitrogens with zero attached hydrogens (tertiary/aromatic N) is 3. The third kappa shape index (κ3) is 3.39. The van der Waals surface area contributed by atoms with Gasteiger partial charge in [0.05, 0.1) is 18.2 Å². The van der Waals surface area contributed by atoms with Crippen LogP contribution in [-0.2, 0) is 4.74 Å². The molecule has 0 radical (unpaired) electrons. The summed E-state index contributed by atoms with van der Waals surface area (Å²) in [6, 6.07) is 5.64. The fourth-order valence-corrected chi connectivity index (χ4v) is 4.33. The van der Waals surface area contributed by atoms with Gasteiger partial charge in [0.15, 0.2) is 0 Å². The first-order valence-electron chi connectivity index (χ1n) is 8.60. The number of ether oxygens (including phenoxy) is 2. The van der Waals surface area contributed by atoms with Crippen LogP contribution < -0.4 is 4.74 Å². The summed E-state index contributed by atoms with van der Waals surface area (Å²) >= 11 is 1.45. The van der Waals surface area contributed by atoms with E-state index in [1.54, 1.807) is 11.7 Å². The smallest absolute Gasteiger partial charge is 0.273 e. The number of aromatic nitrogens is 2. The average molecular weight is 359 g/mol. The lowest BCUT2D eigenvalue weighted by Gasteiger charge is -2.49. The van der Waals surface area contributed by atoms with Crippen LogP contribution in [-0.4, -0.2) is 53.2 Å². The molecule has 0 aliphatic carbocycles. The maximum absolute atomic E-state index is 12.7. The lowest BCUT2D eigenvalue weighted by molar-refractivity contribution is -0.133. The molecule has 2 aliphatic rings. The van der Waals surface area contributed by atoms with E-state index >= 15 is 0 Å². The normalized spacial score (nSPS) is 26.1. The van der Waals surface area contributed by atoms with Crippen LogP contribution in [0.5, 0.6) is 5.88 Å². The zero-order valence-corrected chi connectivity index (χ0v) is 14.8. The first kappa shape index (κ1) is 16.5. The Morgan fingerprint density at radius 3 is 3.20 bits per heavy atom. The number of fused-ring (bicyclic) bond motifs is 1. The van der Waals surface area contributed by atoms with E-state index in [0.29, 0.717) is 31.3 Å². The van der Waals surface area contributed by atoms with Crippen molar-refractivity contribution in [2.45, 2.75) is 25.4 Å². The number of rotatable bonds is 4. The van der Waals surface area contributed by atoms with Crippen molar-refractivity contribution < 1.29 is 14.3 Å². The number of piperidine rings is 1. The number of carbonyl (C=O) groups is 1. The second-order valence-corrected chi connectivity index (χ2v) is 7.39. The standard InChI is InChI=1S/C18H21N3O3S/c22-17(14-10-25-13-20-14)21-8-5-15-18(11-21,6-3-9-23-15)12-24-16-4-1-2-7-19-16/h1-2,4,7,10,13,15H,3,5-6,8-9,11-12H2. The minimum atomic E-state index is -0.181. The van der Waals surface area contributed by atoms with Gasteiger partial charge in [0.1, 0.15) is 5.69 Å². The van der Waals surface area contributed by atoms with Gasteiger partial charge in [-0.25, -0.2) is 9.97 Å². The Balaban J connectivity index is 1.51. The Kier molecular flexibility index (Phi) is 4.67. The summed E-state index contributed by atoms with van der Waals surface area (Å²) in [7, 11) is 0. The van der Waals surface area contributed by atoms with Gasteiger partial charge in [0.2, 0.25) is 5.88 Å². The molecule has 25 heavy (non-hydrogen) atoms. The van der Waals surface area contributed by atoms with Gasteiger partial charge in [-0.05, 0) is 25.3 Å². The monoisotopic (exact) mass is 359 g/mol. The Morgan fingerprint density at radius 2 is 2.40 bits per heavy atom. The van der Waals surface area contributed by atoms with E-state index in [-0.39, 0.29) is 17.4 Å². The van der Waals surface area contributed by atoms with Crippen molar-refractivity contribution in [2.75, 3.05) is 26.3 Å². The maximum atomic E-state index is 12.7. The number of carbonyl (C=O) groups excluding carboxylic acids is 1. The summed E-state index contributed by atoms with van der Waals surface area (Å²) in [5, 5.41) is 1.81. The van der Waals surface area contributed by atoms with Gasteiger partial charge in [0.25, 0.3) is 5.91 Å². The van der Waals surface area contributed by atoms with Crippen LogP contribution in [0.1, 0.15) is 29.8 Å². The molecule has 0 bridgehead atoms. The minimum Gasteiger partial charge on any atom is -0.477 e. The van der Waals surface area contributed by atoms with Gasteiger partial charge in [-0.15, -0.1) is 11.3 Å². The van der Waals surface area contributed by atoms with Crippen molar-refractivity contribution in [3.05, 3.63) is 41.0 Å². The maximum Gasteiger partial charge on any atom is 0.273 e. The Labute approximate surface area is 150 Å². The molecule has 0 saturated carbocycles. The molecule has 2 saturated heterocycles. The van der Waals surface area contributed by atoms with Crippen molar-refractivity contribution in [1.82, 2.24) is 14.9 Å². The van der Waals surface area contributed by atoms with Crippen molar-refractivity contribution in [1.29, 1.82) is 0 Å². The fraction of sp³-hybridized carbons (Fsp3) is 0.500. The summed E-state index contributed by atoms with van der Waals surface area (Å²) in [6.07, 6.45) is 4.67. The predicted molar refractivity (Wildman–Crippen MR) is 93.8 cm³/mol. The van der Waals surface area contributed by atoms with Crippen molar-refractivity contribution >= 4 is 17.2 Å². The fourth-order valence-electron chi connectivity index (χ4n) is 3.80. The van der Waals surface area contributed by atoms with E-state index in [2.05, 4.69) is 9.97 Å². The molecule has 4 rings (SSSR count). The van der Waals surface area contributed by atoms with E-state index in [1.807, 2.05) is 28.5 Å². The summed E-state index contributed by atoms with van der Waals surface area (Å²) in [4.78, 5) is 23.0. The Bertz CT molecular complexity index is 710. The van der Waals surface area contributed by atoms with Gasteiger partial charge >= 0.3 is 0 Å². The third-order valence-corrected chi connectivity index (χ3v) is 5.66. The zero-order valence-electron chi connectivity index (χ0n) is 14.0. The molecule has 2 fully saturated rings. The van der Waals surface area contributed by atoms with Gasteiger partial charge in [-0.3, -0.25) is 4.79 Å². The molecule has 2 aromatic heterocycles. The molecule has 2 atom stereocenters. The Morgan fingerprint density at radius 1 is 1.44 bits per heavy atom. The Hall–Kier alpha value is -1.99. The second-order valence-electron chi connectivity index (χ2n) is 6.67. The van der Waals surface area contributed by atoms with Gasteiger partial charge in [-0.1, -0.05) is 6.07 Å². The number of hydrogen-bond donors (Lipinski definition) is 0. The highest BCUT2D eigenvalue weighted by Crippen LogP contribution is 2.40. The molecule has 132 valence electrons. The van der Waals surface area contributed by atoms with Gasteiger partial charge < -0.3 is 14.4 Å². The number of hydrogen-bond acceptors (Lipinski definition) is 6. The average Bonchev–Trinajstić information content (AvgIpc) is 3.21. The van der Waals surface area contributed by atoms with E-state index < -0.39 is 0 Å². The van der Waals surface area contributed by atoms with Crippen LogP contribution in [0.3, 0.4) is 0 Å². The second kappa shape index (κ2) is 7.09. The van der Waals surface area contributed by atoms with Crippen LogP contribution in [0.25, 0.3) is 0 Å². The van der Waals surface area contributed by atoms with Crippen LogP contribution in [0, 0.1) is 5.41 Å². The zero-order chi connectivity index (χ0) is 17.1. The van der Waals surface area contributed by atoms with Crippen LogP contribution in [0.15, 0.2) is 35.3 Å². The summed E-state index contributed by atoms with van der Waals surface area (Å²) in [5.74, 6) is 0.617. The van der Waals surface area contributed by atoms with Crippen molar-refractivity contribution in [3.63, 3.8) is 0 Å². The SMILES string of the molecule is O=C(c1cscn1)N1CCC2OCCCC2(COc2ccccn2)C1. The summed E-state index contributed by atoms with van der Waals surface area (Å²) < 4.78 is 12.0. The molecule has 2 unspecified atom stereocenters. The molecular formula is C18H21N3O3S.